The van der Waals surface area contributed by atoms with Gasteiger partial charge in [0, 0.05) is 42.9 Å². The molecule has 0 aliphatic heterocycles. The number of hydrogen-bond donors (Lipinski definition) is 1. The second-order valence-electron chi connectivity index (χ2n) is 5.29. The number of rotatable bonds is 7. The minimum absolute atomic E-state index is 0.803. The Morgan fingerprint density at radius 1 is 1.25 bits per heavy atom. The third kappa shape index (κ3) is 3.05. The summed E-state index contributed by atoms with van der Waals surface area (Å²) in [5, 5.41) is 4.60. The van der Waals surface area contributed by atoms with Crippen molar-refractivity contribution in [3.8, 4) is 0 Å². The zero-order valence-electron chi connectivity index (χ0n) is 13.1. The smallest absolute Gasteiger partial charge is 0.0485 e. The van der Waals surface area contributed by atoms with E-state index in [1.54, 1.807) is 0 Å². The predicted octanol–water partition coefficient (Wildman–Crippen LogP) is 3.40. The van der Waals surface area contributed by atoms with E-state index < -0.39 is 0 Å². The van der Waals surface area contributed by atoms with E-state index in [0.29, 0.717) is 0 Å². The van der Waals surface area contributed by atoms with E-state index in [9.17, 15) is 0 Å². The SMILES string of the molecule is CCOCCCn1c(C)c(C)c2cc(CNC)ccc21. The first-order chi connectivity index (χ1) is 9.69. The maximum absolute atomic E-state index is 5.44. The van der Waals surface area contributed by atoms with E-state index in [-0.39, 0.29) is 0 Å². The summed E-state index contributed by atoms with van der Waals surface area (Å²) in [5.41, 5.74) is 5.46. The fourth-order valence-corrected chi connectivity index (χ4v) is 2.77. The molecule has 0 amide bonds. The van der Waals surface area contributed by atoms with Crippen LogP contribution in [0.15, 0.2) is 18.2 Å². The van der Waals surface area contributed by atoms with Crippen molar-refractivity contribution in [3.05, 3.63) is 35.0 Å². The third-order valence-corrected chi connectivity index (χ3v) is 3.96. The summed E-state index contributed by atoms with van der Waals surface area (Å²) in [5.74, 6) is 0. The van der Waals surface area contributed by atoms with Gasteiger partial charge in [0.1, 0.15) is 0 Å². The van der Waals surface area contributed by atoms with E-state index in [0.717, 1.165) is 32.7 Å². The average Bonchev–Trinajstić information content (AvgIpc) is 2.68. The van der Waals surface area contributed by atoms with Crippen molar-refractivity contribution in [1.29, 1.82) is 0 Å². The molecular formula is C17H26N2O. The van der Waals surface area contributed by atoms with Crippen molar-refractivity contribution in [3.63, 3.8) is 0 Å². The summed E-state index contributed by atoms with van der Waals surface area (Å²) in [4.78, 5) is 0. The summed E-state index contributed by atoms with van der Waals surface area (Å²) >= 11 is 0. The molecule has 2 rings (SSSR count). The van der Waals surface area contributed by atoms with Crippen LogP contribution < -0.4 is 5.32 Å². The van der Waals surface area contributed by atoms with Gasteiger partial charge in [0.05, 0.1) is 0 Å². The molecule has 1 N–H and O–H groups in total. The lowest BCUT2D eigenvalue weighted by Crippen LogP contribution is -2.05. The number of hydrogen-bond acceptors (Lipinski definition) is 2. The summed E-state index contributed by atoms with van der Waals surface area (Å²) in [6.45, 7) is 10.1. The highest BCUT2D eigenvalue weighted by molar-refractivity contribution is 5.86. The summed E-state index contributed by atoms with van der Waals surface area (Å²) in [7, 11) is 1.99. The van der Waals surface area contributed by atoms with Crippen molar-refractivity contribution < 1.29 is 4.74 Å². The largest absolute Gasteiger partial charge is 0.382 e. The fourth-order valence-electron chi connectivity index (χ4n) is 2.77. The molecule has 1 heterocycles. The molecule has 3 heteroatoms. The van der Waals surface area contributed by atoms with Gasteiger partial charge in [-0.2, -0.15) is 0 Å². The number of aryl methyl sites for hydroxylation is 2. The molecule has 20 heavy (non-hydrogen) atoms. The highest BCUT2D eigenvalue weighted by atomic mass is 16.5. The van der Waals surface area contributed by atoms with E-state index >= 15 is 0 Å². The van der Waals surface area contributed by atoms with Crippen LogP contribution in [0, 0.1) is 13.8 Å². The quantitative estimate of drug-likeness (QED) is 0.783. The van der Waals surface area contributed by atoms with Gasteiger partial charge in [-0.15, -0.1) is 0 Å². The molecule has 2 aromatic rings. The van der Waals surface area contributed by atoms with Crippen molar-refractivity contribution >= 4 is 10.9 Å². The molecular weight excluding hydrogens is 248 g/mol. The van der Waals surface area contributed by atoms with Gasteiger partial charge in [0.25, 0.3) is 0 Å². The van der Waals surface area contributed by atoms with Crippen LogP contribution in [0.25, 0.3) is 10.9 Å². The number of benzene rings is 1. The molecule has 3 nitrogen and oxygen atoms in total. The molecule has 0 bridgehead atoms. The third-order valence-electron chi connectivity index (χ3n) is 3.96. The van der Waals surface area contributed by atoms with Crippen LogP contribution in [0.5, 0.6) is 0 Å². The lowest BCUT2D eigenvalue weighted by atomic mass is 10.1. The first kappa shape index (κ1) is 15.1. The standard InChI is InChI=1S/C17H26N2O/c1-5-20-10-6-9-19-14(3)13(2)16-11-15(12-18-4)7-8-17(16)19/h7-8,11,18H,5-6,9-10,12H2,1-4H3. The minimum Gasteiger partial charge on any atom is -0.382 e. The van der Waals surface area contributed by atoms with Crippen LogP contribution in [-0.4, -0.2) is 24.8 Å². The van der Waals surface area contributed by atoms with Crippen LogP contribution in [-0.2, 0) is 17.8 Å². The van der Waals surface area contributed by atoms with Gasteiger partial charge < -0.3 is 14.6 Å². The number of ether oxygens (including phenoxy) is 1. The van der Waals surface area contributed by atoms with Crippen LogP contribution in [0.1, 0.15) is 30.2 Å². The topological polar surface area (TPSA) is 26.2 Å². The van der Waals surface area contributed by atoms with Gasteiger partial charge >= 0.3 is 0 Å². The van der Waals surface area contributed by atoms with Gasteiger partial charge in [-0.05, 0) is 57.5 Å². The van der Waals surface area contributed by atoms with E-state index in [1.807, 2.05) is 14.0 Å². The average molecular weight is 274 g/mol. The molecule has 0 spiro atoms. The second kappa shape index (κ2) is 6.91. The maximum Gasteiger partial charge on any atom is 0.0485 e. The molecule has 1 aromatic carbocycles. The molecule has 0 radical (unpaired) electrons. The van der Waals surface area contributed by atoms with E-state index in [2.05, 4.69) is 41.9 Å². The van der Waals surface area contributed by atoms with Gasteiger partial charge in [-0.25, -0.2) is 0 Å². The summed E-state index contributed by atoms with van der Waals surface area (Å²) in [6, 6.07) is 6.78. The van der Waals surface area contributed by atoms with E-state index in [1.165, 1.54) is 27.7 Å². The van der Waals surface area contributed by atoms with Gasteiger partial charge in [0.2, 0.25) is 0 Å². The van der Waals surface area contributed by atoms with Gasteiger partial charge in [-0.3, -0.25) is 0 Å². The van der Waals surface area contributed by atoms with Crippen LogP contribution in [0.4, 0.5) is 0 Å². The monoisotopic (exact) mass is 274 g/mol. The summed E-state index contributed by atoms with van der Waals surface area (Å²) in [6.07, 6.45) is 1.07. The Morgan fingerprint density at radius 3 is 2.75 bits per heavy atom. The lowest BCUT2D eigenvalue weighted by molar-refractivity contribution is 0.142. The molecule has 0 saturated heterocycles. The Morgan fingerprint density at radius 2 is 2.05 bits per heavy atom. The maximum atomic E-state index is 5.44. The van der Waals surface area contributed by atoms with Crippen molar-refractivity contribution in [2.45, 2.75) is 40.3 Å². The number of aromatic nitrogens is 1. The highest BCUT2D eigenvalue weighted by Gasteiger charge is 2.10. The Bertz CT molecular complexity index is 572. The molecule has 110 valence electrons. The first-order valence-electron chi connectivity index (χ1n) is 7.49. The number of fused-ring (bicyclic) bond motifs is 1. The Labute approximate surface area is 121 Å². The van der Waals surface area contributed by atoms with Gasteiger partial charge in [-0.1, -0.05) is 6.07 Å². The molecule has 0 aliphatic carbocycles. The van der Waals surface area contributed by atoms with Crippen molar-refractivity contribution in [1.82, 2.24) is 9.88 Å². The highest BCUT2D eigenvalue weighted by Crippen LogP contribution is 2.26. The fraction of sp³-hybridized carbons (Fsp3) is 0.529. The van der Waals surface area contributed by atoms with Crippen molar-refractivity contribution in [2.75, 3.05) is 20.3 Å². The van der Waals surface area contributed by atoms with E-state index in [4.69, 9.17) is 4.74 Å². The molecule has 1 aromatic heterocycles. The molecule has 0 aliphatic rings. The Balaban J connectivity index is 2.28. The van der Waals surface area contributed by atoms with Crippen LogP contribution in [0.3, 0.4) is 0 Å². The van der Waals surface area contributed by atoms with Gasteiger partial charge in [0.15, 0.2) is 0 Å². The minimum atomic E-state index is 0.803. The normalized spacial score (nSPS) is 11.4. The van der Waals surface area contributed by atoms with Crippen LogP contribution in [0.2, 0.25) is 0 Å². The Hall–Kier alpha value is -1.32. The Kier molecular flexibility index (Phi) is 5.21. The van der Waals surface area contributed by atoms with Crippen molar-refractivity contribution in [2.24, 2.45) is 0 Å². The zero-order chi connectivity index (χ0) is 14.5. The predicted molar refractivity (Wildman–Crippen MR) is 85.3 cm³/mol. The lowest BCUT2D eigenvalue weighted by Gasteiger charge is -2.09. The molecule has 0 fully saturated rings. The summed E-state index contributed by atoms with van der Waals surface area (Å²) < 4.78 is 7.87. The number of nitrogens with one attached hydrogen (secondary N) is 1. The molecule has 0 atom stereocenters. The van der Waals surface area contributed by atoms with Crippen LogP contribution >= 0.6 is 0 Å². The first-order valence-corrected chi connectivity index (χ1v) is 7.49. The molecule has 0 saturated carbocycles. The number of nitrogens with zero attached hydrogens (tertiary/aromatic N) is 1. The zero-order valence-corrected chi connectivity index (χ0v) is 13.1. The second-order valence-corrected chi connectivity index (χ2v) is 5.29. The molecule has 0 unspecified atom stereocenters.